The molecule has 96 valence electrons. The maximum atomic E-state index is 11.4. The molecule has 0 aliphatic rings. The summed E-state index contributed by atoms with van der Waals surface area (Å²) in [6.45, 7) is 0. The predicted octanol–water partition coefficient (Wildman–Crippen LogP) is 2.44. The van der Waals surface area contributed by atoms with Gasteiger partial charge in [0.2, 0.25) is 0 Å². The van der Waals surface area contributed by atoms with Gasteiger partial charge in [0.05, 0.1) is 12.8 Å². The molecular formula is C11H7N3O5. The fraction of sp³-hybridized carbons (Fsp3) is 0.0909. The second kappa shape index (κ2) is 4.71. The van der Waals surface area contributed by atoms with Crippen LogP contribution in [0.3, 0.4) is 0 Å². The second-order valence-electron chi connectivity index (χ2n) is 3.50. The number of hydrogen-bond acceptors (Lipinski definition) is 5. The number of carboxylic acid groups (broad SMARTS) is 1. The minimum Gasteiger partial charge on any atom is -0.496 e. The largest absolute Gasteiger partial charge is 0.496 e. The standard InChI is InChI=1S/C11H7N3O5/c1-18-9-4-8-5(3-7(9)13-14-12)2-6(10(15)16)11(17)19-8/h2-4H,1H3,(H,15,16). The predicted molar refractivity (Wildman–Crippen MR) is 64.8 cm³/mol. The number of methoxy groups -OCH3 is 1. The maximum absolute atomic E-state index is 11.4. The molecule has 8 nitrogen and oxygen atoms in total. The molecule has 19 heavy (non-hydrogen) atoms. The van der Waals surface area contributed by atoms with E-state index in [0.717, 1.165) is 6.07 Å². The van der Waals surface area contributed by atoms with Gasteiger partial charge in [0, 0.05) is 16.4 Å². The molecular weight excluding hydrogens is 254 g/mol. The third-order valence-corrected chi connectivity index (χ3v) is 2.42. The second-order valence-corrected chi connectivity index (χ2v) is 3.50. The molecule has 1 aromatic carbocycles. The molecule has 0 radical (unpaired) electrons. The number of benzene rings is 1. The van der Waals surface area contributed by atoms with Gasteiger partial charge in [-0.2, -0.15) is 0 Å². The number of carbonyl (C=O) groups is 1. The Balaban J connectivity index is 2.82. The summed E-state index contributed by atoms with van der Waals surface area (Å²) in [5, 5.41) is 12.6. The van der Waals surface area contributed by atoms with Gasteiger partial charge in [0.1, 0.15) is 16.9 Å². The minimum absolute atomic E-state index is 0.142. The first-order valence-corrected chi connectivity index (χ1v) is 5.01. The van der Waals surface area contributed by atoms with E-state index >= 15 is 0 Å². The van der Waals surface area contributed by atoms with Crippen molar-refractivity contribution >= 4 is 22.6 Å². The van der Waals surface area contributed by atoms with Crippen LogP contribution in [0.25, 0.3) is 21.4 Å². The molecule has 0 aliphatic carbocycles. The van der Waals surface area contributed by atoms with E-state index in [2.05, 4.69) is 10.0 Å². The third kappa shape index (κ3) is 2.20. The van der Waals surface area contributed by atoms with Crippen LogP contribution < -0.4 is 10.4 Å². The average Bonchev–Trinajstić information content (AvgIpc) is 2.37. The highest BCUT2D eigenvalue weighted by molar-refractivity contribution is 5.92. The lowest BCUT2D eigenvalue weighted by molar-refractivity contribution is 0.0692. The third-order valence-electron chi connectivity index (χ3n) is 2.42. The summed E-state index contributed by atoms with van der Waals surface area (Å²) in [5.41, 5.74) is 7.29. The van der Waals surface area contributed by atoms with Crippen molar-refractivity contribution in [3.63, 3.8) is 0 Å². The molecule has 2 rings (SSSR count). The van der Waals surface area contributed by atoms with E-state index in [-0.39, 0.29) is 17.0 Å². The Labute approximate surface area is 105 Å². The van der Waals surface area contributed by atoms with Crippen molar-refractivity contribution in [2.75, 3.05) is 7.11 Å². The molecule has 0 unspecified atom stereocenters. The normalized spacial score (nSPS) is 9.95. The first kappa shape index (κ1) is 12.5. The van der Waals surface area contributed by atoms with Crippen LogP contribution >= 0.6 is 0 Å². The number of azide groups is 1. The quantitative estimate of drug-likeness (QED) is 0.393. The number of fused-ring (bicyclic) bond motifs is 1. The van der Waals surface area contributed by atoms with E-state index in [0.29, 0.717) is 5.39 Å². The SMILES string of the molecule is COc1cc2oc(=O)c(C(=O)O)cc2cc1N=[N+]=[N-]. The monoisotopic (exact) mass is 261 g/mol. The Bertz CT molecular complexity index is 774. The summed E-state index contributed by atoms with van der Waals surface area (Å²) in [7, 11) is 1.36. The fourth-order valence-electron chi connectivity index (χ4n) is 1.58. The lowest BCUT2D eigenvalue weighted by Crippen LogP contribution is -2.12. The Hall–Kier alpha value is -2.99. The molecule has 1 aromatic heterocycles. The van der Waals surface area contributed by atoms with Crippen LogP contribution in [0, 0.1) is 0 Å². The van der Waals surface area contributed by atoms with Crippen molar-refractivity contribution in [3.8, 4) is 5.75 Å². The Kier molecular flexibility index (Phi) is 3.09. The highest BCUT2D eigenvalue weighted by Gasteiger charge is 2.14. The summed E-state index contributed by atoms with van der Waals surface area (Å²) >= 11 is 0. The molecule has 0 amide bonds. The van der Waals surface area contributed by atoms with Crippen molar-refractivity contribution in [1.82, 2.24) is 0 Å². The summed E-state index contributed by atoms with van der Waals surface area (Å²) < 4.78 is 9.86. The van der Waals surface area contributed by atoms with Gasteiger partial charge in [-0.1, -0.05) is 5.11 Å². The molecule has 0 aliphatic heterocycles. The summed E-state index contributed by atoms with van der Waals surface area (Å²) in [4.78, 5) is 24.9. The van der Waals surface area contributed by atoms with Crippen molar-refractivity contribution in [2.45, 2.75) is 0 Å². The minimum atomic E-state index is -1.39. The molecule has 8 heteroatoms. The van der Waals surface area contributed by atoms with Gasteiger partial charge >= 0.3 is 11.6 Å². The summed E-state index contributed by atoms with van der Waals surface area (Å²) in [6, 6.07) is 3.88. The van der Waals surface area contributed by atoms with Crippen molar-refractivity contribution in [1.29, 1.82) is 0 Å². The molecule has 2 aromatic rings. The van der Waals surface area contributed by atoms with Crippen LogP contribution in [0.4, 0.5) is 5.69 Å². The summed E-state index contributed by atoms with van der Waals surface area (Å²) in [5.74, 6) is -1.17. The van der Waals surface area contributed by atoms with Crippen molar-refractivity contribution in [2.24, 2.45) is 5.11 Å². The van der Waals surface area contributed by atoms with E-state index in [1.807, 2.05) is 0 Å². The van der Waals surface area contributed by atoms with Gasteiger partial charge in [-0.15, -0.1) is 0 Å². The van der Waals surface area contributed by atoms with Gasteiger partial charge in [0.25, 0.3) is 0 Å². The zero-order valence-corrected chi connectivity index (χ0v) is 9.65. The molecule has 0 bridgehead atoms. The Morgan fingerprint density at radius 2 is 2.21 bits per heavy atom. The van der Waals surface area contributed by atoms with Gasteiger partial charge in [-0.3, -0.25) is 0 Å². The number of hydrogen-bond donors (Lipinski definition) is 1. The van der Waals surface area contributed by atoms with Crippen LogP contribution in [-0.4, -0.2) is 18.2 Å². The van der Waals surface area contributed by atoms with E-state index in [4.69, 9.17) is 19.8 Å². The van der Waals surface area contributed by atoms with Crippen LogP contribution in [-0.2, 0) is 0 Å². The van der Waals surface area contributed by atoms with Gasteiger partial charge in [-0.25, -0.2) is 9.59 Å². The summed E-state index contributed by atoms with van der Waals surface area (Å²) in [6.07, 6.45) is 0. The molecule has 0 spiro atoms. The zero-order valence-electron chi connectivity index (χ0n) is 9.65. The van der Waals surface area contributed by atoms with Crippen molar-refractivity contribution in [3.05, 3.63) is 44.6 Å². The van der Waals surface area contributed by atoms with Crippen LogP contribution in [0.2, 0.25) is 0 Å². The molecule has 0 atom stereocenters. The van der Waals surface area contributed by atoms with Crippen molar-refractivity contribution < 1.29 is 19.1 Å². The lowest BCUT2D eigenvalue weighted by Gasteiger charge is -2.05. The molecule has 1 N–H and O–H groups in total. The van der Waals surface area contributed by atoms with Crippen LogP contribution in [0.15, 0.2) is 32.5 Å². The average molecular weight is 261 g/mol. The number of rotatable bonds is 3. The molecule has 0 saturated heterocycles. The molecule has 0 fully saturated rings. The smallest absolute Gasteiger partial charge is 0.351 e. The van der Waals surface area contributed by atoms with E-state index in [1.165, 1.54) is 19.2 Å². The topological polar surface area (TPSA) is 125 Å². The number of nitrogens with zero attached hydrogens (tertiary/aromatic N) is 3. The number of ether oxygens (including phenoxy) is 1. The molecule has 1 heterocycles. The number of aromatic carboxylic acids is 1. The fourth-order valence-corrected chi connectivity index (χ4v) is 1.58. The lowest BCUT2D eigenvalue weighted by atomic mass is 10.1. The zero-order chi connectivity index (χ0) is 14.0. The van der Waals surface area contributed by atoms with Crippen LogP contribution in [0.1, 0.15) is 10.4 Å². The number of carboxylic acids is 1. The Morgan fingerprint density at radius 3 is 2.79 bits per heavy atom. The Morgan fingerprint density at radius 1 is 1.47 bits per heavy atom. The van der Waals surface area contributed by atoms with Gasteiger partial charge in [-0.05, 0) is 17.7 Å². The first-order chi connectivity index (χ1) is 9.06. The van der Waals surface area contributed by atoms with E-state index < -0.39 is 17.2 Å². The van der Waals surface area contributed by atoms with Crippen LogP contribution in [0.5, 0.6) is 5.75 Å². The maximum Gasteiger partial charge on any atom is 0.351 e. The molecule has 0 saturated carbocycles. The van der Waals surface area contributed by atoms with Gasteiger partial charge in [0.15, 0.2) is 0 Å². The first-order valence-electron chi connectivity index (χ1n) is 5.01. The van der Waals surface area contributed by atoms with Gasteiger partial charge < -0.3 is 14.3 Å². The van der Waals surface area contributed by atoms with E-state index in [9.17, 15) is 9.59 Å². The van der Waals surface area contributed by atoms with E-state index in [1.54, 1.807) is 0 Å². The highest BCUT2D eigenvalue weighted by Crippen LogP contribution is 2.32. The highest BCUT2D eigenvalue weighted by atomic mass is 16.5.